The lowest BCUT2D eigenvalue weighted by atomic mass is 9.93. The lowest BCUT2D eigenvalue weighted by Crippen LogP contribution is -2.14. The maximum atomic E-state index is 12.1. The van der Waals surface area contributed by atoms with Gasteiger partial charge in [0.2, 0.25) is 0 Å². The molecule has 3 rings (SSSR count). The Balaban J connectivity index is 2.03. The topological polar surface area (TPSA) is 45.8 Å². The zero-order valence-electron chi connectivity index (χ0n) is 10.3. The first-order valence-electron chi connectivity index (χ1n) is 6.24. The van der Waals surface area contributed by atoms with E-state index in [0.717, 1.165) is 41.3 Å². The van der Waals surface area contributed by atoms with Crippen LogP contribution in [0.15, 0.2) is 35.4 Å². The molecule has 2 aromatic heterocycles. The van der Waals surface area contributed by atoms with Gasteiger partial charge in [0.05, 0.1) is 11.7 Å². The third kappa shape index (κ3) is 2.58. The second kappa shape index (κ2) is 5.43. The van der Waals surface area contributed by atoms with Crippen LogP contribution in [0.5, 0.6) is 0 Å². The monoisotopic (exact) mass is 290 g/mol. The number of nitrogens with zero attached hydrogens (tertiary/aromatic N) is 1. The Kier molecular flexibility index (Phi) is 3.66. The zero-order valence-corrected chi connectivity index (χ0v) is 12.0. The SMILES string of the molecule is O=c1[nH]c2cnccc2cc1C1=CCC(SS)CC1. The third-order valence-corrected chi connectivity index (χ3v) is 5.13. The number of allylic oxidation sites excluding steroid dienone is 2. The molecule has 2 aromatic rings. The van der Waals surface area contributed by atoms with Gasteiger partial charge in [0.1, 0.15) is 0 Å². The van der Waals surface area contributed by atoms with Crippen LogP contribution in [0, 0.1) is 0 Å². The number of fused-ring (bicyclic) bond motifs is 1. The minimum absolute atomic E-state index is 0.0243. The molecule has 0 saturated carbocycles. The smallest absolute Gasteiger partial charge is 0.256 e. The van der Waals surface area contributed by atoms with Crippen LogP contribution in [0.3, 0.4) is 0 Å². The van der Waals surface area contributed by atoms with Crippen molar-refractivity contribution >= 4 is 38.9 Å². The highest BCUT2D eigenvalue weighted by Crippen LogP contribution is 2.33. The summed E-state index contributed by atoms with van der Waals surface area (Å²) in [5, 5.41) is 1.59. The average Bonchev–Trinajstić information content (AvgIpc) is 2.47. The van der Waals surface area contributed by atoms with Gasteiger partial charge in [-0.1, -0.05) is 16.9 Å². The maximum absolute atomic E-state index is 12.1. The molecular formula is C14H14N2OS2. The first-order chi connectivity index (χ1) is 9.28. The fourth-order valence-electron chi connectivity index (χ4n) is 2.44. The van der Waals surface area contributed by atoms with E-state index < -0.39 is 0 Å². The van der Waals surface area contributed by atoms with Crippen LogP contribution in [0.4, 0.5) is 0 Å². The van der Waals surface area contributed by atoms with Crippen molar-refractivity contribution in [3.8, 4) is 0 Å². The molecule has 1 aliphatic carbocycles. The summed E-state index contributed by atoms with van der Waals surface area (Å²) in [5.41, 5.74) is 2.71. The Hall–Kier alpha value is -1.20. The van der Waals surface area contributed by atoms with E-state index in [1.807, 2.05) is 12.1 Å². The van der Waals surface area contributed by atoms with Crippen molar-refractivity contribution in [2.45, 2.75) is 24.5 Å². The van der Waals surface area contributed by atoms with Crippen LogP contribution < -0.4 is 5.56 Å². The Morgan fingerprint density at radius 1 is 1.47 bits per heavy atom. The van der Waals surface area contributed by atoms with Gasteiger partial charge in [-0.05, 0) is 37.0 Å². The number of thiol groups is 1. The van der Waals surface area contributed by atoms with E-state index in [1.54, 1.807) is 23.2 Å². The predicted molar refractivity (Wildman–Crippen MR) is 84.6 cm³/mol. The molecule has 0 radical (unpaired) electrons. The number of hydrogen-bond donors (Lipinski definition) is 2. The van der Waals surface area contributed by atoms with E-state index in [1.165, 1.54) is 0 Å². The van der Waals surface area contributed by atoms with E-state index in [9.17, 15) is 4.79 Å². The standard InChI is InChI=1S/C14H14N2OS2/c17-14-12(9-1-3-11(19-18)4-2-9)7-10-5-6-15-8-13(10)16-14/h1,5-8,11,18H,2-4H2,(H,16,17). The van der Waals surface area contributed by atoms with Gasteiger partial charge < -0.3 is 4.98 Å². The van der Waals surface area contributed by atoms with Crippen molar-refractivity contribution in [3.05, 3.63) is 46.5 Å². The highest BCUT2D eigenvalue weighted by molar-refractivity contribution is 8.68. The first-order valence-corrected chi connectivity index (χ1v) is 8.18. The van der Waals surface area contributed by atoms with Crippen LogP contribution >= 0.6 is 22.5 Å². The summed E-state index contributed by atoms with van der Waals surface area (Å²) in [6, 6.07) is 3.89. The average molecular weight is 290 g/mol. The van der Waals surface area contributed by atoms with E-state index >= 15 is 0 Å². The number of aromatic amines is 1. The van der Waals surface area contributed by atoms with Gasteiger partial charge in [0.25, 0.3) is 5.56 Å². The predicted octanol–water partition coefficient (Wildman–Crippen LogP) is 3.44. The first kappa shape index (κ1) is 12.8. The highest BCUT2D eigenvalue weighted by Gasteiger charge is 2.16. The summed E-state index contributed by atoms with van der Waals surface area (Å²) >= 11 is 4.26. The second-order valence-corrected chi connectivity index (χ2v) is 6.22. The number of H-pyrrole nitrogens is 1. The lowest BCUT2D eigenvalue weighted by molar-refractivity contribution is 0.763. The minimum Gasteiger partial charge on any atom is -0.320 e. The van der Waals surface area contributed by atoms with Crippen molar-refractivity contribution in [2.24, 2.45) is 0 Å². The van der Waals surface area contributed by atoms with E-state index in [2.05, 4.69) is 27.7 Å². The molecule has 1 unspecified atom stereocenters. The van der Waals surface area contributed by atoms with Crippen LogP contribution in [0.25, 0.3) is 16.5 Å². The summed E-state index contributed by atoms with van der Waals surface area (Å²) in [6.45, 7) is 0. The molecule has 5 heteroatoms. The summed E-state index contributed by atoms with van der Waals surface area (Å²) in [7, 11) is 1.61. The van der Waals surface area contributed by atoms with Crippen molar-refractivity contribution in [1.82, 2.24) is 9.97 Å². The van der Waals surface area contributed by atoms with Crippen molar-refractivity contribution < 1.29 is 0 Å². The van der Waals surface area contributed by atoms with Crippen LogP contribution in [0.1, 0.15) is 24.8 Å². The van der Waals surface area contributed by atoms with Gasteiger partial charge in [0, 0.05) is 22.4 Å². The molecule has 0 bridgehead atoms. The van der Waals surface area contributed by atoms with Gasteiger partial charge in [-0.2, -0.15) is 0 Å². The Bertz CT molecular complexity index is 693. The molecule has 0 saturated heterocycles. The number of hydrogen-bond acceptors (Lipinski definition) is 4. The van der Waals surface area contributed by atoms with Gasteiger partial charge in [-0.3, -0.25) is 9.78 Å². The number of rotatable bonds is 2. The van der Waals surface area contributed by atoms with Gasteiger partial charge in [0.15, 0.2) is 0 Å². The molecular weight excluding hydrogens is 276 g/mol. The molecule has 0 aliphatic heterocycles. The summed E-state index contributed by atoms with van der Waals surface area (Å²) in [6.07, 6.45) is 8.61. The van der Waals surface area contributed by atoms with Gasteiger partial charge >= 0.3 is 0 Å². The fourth-order valence-corrected chi connectivity index (χ4v) is 3.42. The van der Waals surface area contributed by atoms with E-state index in [0.29, 0.717) is 5.25 Å². The Morgan fingerprint density at radius 3 is 3.11 bits per heavy atom. The number of nitrogens with one attached hydrogen (secondary N) is 1. The number of aromatic nitrogens is 2. The summed E-state index contributed by atoms with van der Waals surface area (Å²) < 4.78 is 0. The molecule has 3 nitrogen and oxygen atoms in total. The molecule has 0 amide bonds. The van der Waals surface area contributed by atoms with Crippen LogP contribution in [0.2, 0.25) is 0 Å². The molecule has 0 spiro atoms. The Morgan fingerprint density at radius 2 is 2.37 bits per heavy atom. The third-order valence-electron chi connectivity index (χ3n) is 3.51. The highest BCUT2D eigenvalue weighted by atomic mass is 33.1. The molecule has 0 aromatic carbocycles. The lowest BCUT2D eigenvalue weighted by Gasteiger charge is -2.19. The molecule has 0 fully saturated rings. The van der Waals surface area contributed by atoms with Crippen LogP contribution in [-0.4, -0.2) is 15.2 Å². The molecule has 1 aliphatic rings. The van der Waals surface area contributed by atoms with Crippen molar-refractivity contribution in [1.29, 1.82) is 0 Å². The fraction of sp³-hybridized carbons (Fsp3) is 0.286. The van der Waals surface area contributed by atoms with Crippen molar-refractivity contribution in [2.75, 3.05) is 0 Å². The molecule has 1 N–H and O–H groups in total. The maximum Gasteiger partial charge on any atom is 0.256 e. The van der Waals surface area contributed by atoms with Gasteiger partial charge in [-0.25, -0.2) is 0 Å². The summed E-state index contributed by atoms with van der Waals surface area (Å²) in [5.74, 6) is 0. The molecule has 98 valence electrons. The second-order valence-electron chi connectivity index (χ2n) is 4.71. The van der Waals surface area contributed by atoms with E-state index in [4.69, 9.17) is 0 Å². The van der Waals surface area contributed by atoms with Crippen LogP contribution in [-0.2, 0) is 0 Å². The number of pyridine rings is 2. The largest absolute Gasteiger partial charge is 0.320 e. The molecule has 1 atom stereocenters. The van der Waals surface area contributed by atoms with E-state index in [-0.39, 0.29) is 5.56 Å². The normalized spacial score (nSPS) is 19.4. The van der Waals surface area contributed by atoms with Crippen molar-refractivity contribution in [3.63, 3.8) is 0 Å². The summed E-state index contributed by atoms with van der Waals surface area (Å²) in [4.78, 5) is 19.1. The quantitative estimate of drug-likeness (QED) is 0.658. The zero-order chi connectivity index (χ0) is 13.2. The molecule has 19 heavy (non-hydrogen) atoms. The molecule has 2 heterocycles. The Labute approximate surface area is 120 Å². The van der Waals surface area contributed by atoms with Gasteiger partial charge in [-0.15, -0.1) is 11.7 Å². The minimum atomic E-state index is -0.0243.